The first kappa shape index (κ1) is 19.2. The molecule has 1 saturated heterocycles. The Kier molecular flexibility index (Phi) is 5.89. The molecule has 0 unspecified atom stereocenters. The Bertz CT molecular complexity index is 963. The summed E-state index contributed by atoms with van der Waals surface area (Å²) >= 11 is 24.3. The van der Waals surface area contributed by atoms with Crippen molar-refractivity contribution in [2.45, 2.75) is 0 Å². The van der Waals surface area contributed by atoms with Crippen LogP contribution in [-0.2, 0) is 4.79 Å². The average molecular weight is 444 g/mol. The Morgan fingerprint density at radius 1 is 1.12 bits per heavy atom. The van der Waals surface area contributed by atoms with Gasteiger partial charge >= 0.3 is 0 Å². The molecule has 0 aromatic heterocycles. The van der Waals surface area contributed by atoms with E-state index < -0.39 is 11.8 Å². The summed E-state index contributed by atoms with van der Waals surface area (Å²) in [7, 11) is 0. The van der Waals surface area contributed by atoms with Crippen LogP contribution in [-0.4, -0.2) is 21.1 Å². The maximum Gasteiger partial charge on any atom is 0.285 e. The van der Waals surface area contributed by atoms with Crippen molar-refractivity contribution >= 4 is 81.0 Å². The van der Waals surface area contributed by atoms with E-state index in [1.165, 1.54) is 0 Å². The fourth-order valence-corrected chi connectivity index (χ4v) is 3.99. The largest absolute Gasteiger partial charge is 0.285 e. The summed E-state index contributed by atoms with van der Waals surface area (Å²) in [5.41, 5.74) is 3.34. The second-order valence-corrected chi connectivity index (χ2v) is 8.03. The van der Waals surface area contributed by atoms with Gasteiger partial charge in [-0.25, -0.2) is 0 Å². The van der Waals surface area contributed by atoms with Crippen molar-refractivity contribution in [1.29, 1.82) is 0 Å². The predicted molar refractivity (Wildman–Crippen MR) is 110 cm³/mol. The first-order valence-corrected chi connectivity index (χ1v) is 9.51. The number of thioether (sulfide) groups is 1. The summed E-state index contributed by atoms with van der Waals surface area (Å²) in [4.78, 5) is 25.3. The second-order valence-electron chi connectivity index (χ2n) is 5.10. The normalized spacial score (nSPS) is 15.7. The molecule has 2 aromatic carbocycles. The lowest BCUT2D eigenvalue weighted by Gasteiger charge is -2.16. The molecule has 9 heteroatoms. The van der Waals surface area contributed by atoms with E-state index >= 15 is 0 Å². The van der Waals surface area contributed by atoms with Crippen molar-refractivity contribution in [2.24, 2.45) is 0 Å². The maximum absolute atomic E-state index is 12.6. The summed E-state index contributed by atoms with van der Waals surface area (Å²) < 4.78 is 0.201. The smallest absolute Gasteiger partial charge is 0.267 e. The van der Waals surface area contributed by atoms with Crippen molar-refractivity contribution in [3.63, 3.8) is 0 Å². The predicted octanol–water partition coefficient (Wildman–Crippen LogP) is 5.19. The Balaban J connectivity index is 1.82. The molecule has 0 aliphatic carbocycles. The number of hydrogen-bond acceptors (Lipinski definition) is 4. The van der Waals surface area contributed by atoms with Gasteiger partial charge in [-0.3, -0.25) is 15.0 Å². The summed E-state index contributed by atoms with van der Waals surface area (Å²) in [6, 6.07) is 11.5. The van der Waals surface area contributed by atoms with Gasteiger partial charge in [-0.15, -0.1) is 0 Å². The molecule has 1 heterocycles. The van der Waals surface area contributed by atoms with Crippen molar-refractivity contribution in [2.75, 3.05) is 0 Å². The van der Waals surface area contributed by atoms with Gasteiger partial charge in [0, 0.05) is 10.0 Å². The van der Waals surface area contributed by atoms with Gasteiger partial charge in [-0.05, 0) is 48.1 Å². The van der Waals surface area contributed by atoms with Gasteiger partial charge in [0.15, 0.2) is 4.32 Å². The molecule has 3 rings (SSSR count). The van der Waals surface area contributed by atoms with Crippen LogP contribution < -0.4 is 5.43 Å². The zero-order valence-electron chi connectivity index (χ0n) is 12.8. The van der Waals surface area contributed by atoms with Crippen LogP contribution in [0.4, 0.5) is 0 Å². The summed E-state index contributed by atoms with van der Waals surface area (Å²) in [5.74, 6) is -0.982. The van der Waals surface area contributed by atoms with E-state index in [1.54, 1.807) is 48.5 Å². The Morgan fingerprint density at radius 2 is 1.85 bits per heavy atom. The van der Waals surface area contributed by atoms with Gasteiger partial charge in [-0.2, -0.15) is 5.01 Å². The van der Waals surface area contributed by atoms with Crippen LogP contribution in [0, 0.1) is 0 Å². The molecule has 1 aliphatic rings. The molecule has 1 fully saturated rings. The standard InChI is InChI=1S/C17H9Cl3N2O2S2/c18-10-6-5-9(13(20)8-10)7-14-16(24)22(17(25)26-14)21-15(23)11-3-1-2-4-12(11)19/h1-8H,(H,21,23)/b14-7+. The second kappa shape index (κ2) is 7.98. The van der Waals surface area contributed by atoms with Gasteiger partial charge in [0.1, 0.15) is 0 Å². The highest BCUT2D eigenvalue weighted by atomic mass is 35.5. The minimum Gasteiger partial charge on any atom is -0.267 e. The highest BCUT2D eigenvalue weighted by Gasteiger charge is 2.34. The van der Waals surface area contributed by atoms with Crippen LogP contribution in [0.1, 0.15) is 15.9 Å². The van der Waals surface area contributed by atoms with Crippen LogP contribution in [0.15, 0.2) is 47.4 Å². The van der Waals surface area contributed by atoms with Crippen molar-refractivity contribution < 1.29 is 9.59 Å². The maximum atomic E-state index is 12.6. The van der Waals surface area contributed by atoms with Crippen molar-refractivity contribution in [3.8, 4) is 0 Å². The van der Waals surface area contributed by atoms with Gasteiger partial charge in [0.2, 0.25) is 0 Å². The number of carbonyl (C=O) groups is 2. The molecule has 0 saturated carbocycles. The minimum atomic E-state index is -0.530. The zero-order chi connectivity index (χ0) is 18.8. The molecule has 0 spiro atoms. The molecule has 0 bridgehead atoms. The minimum absolute atomic E-state index is 0.201. The van der Waals surface area contributed by atoms with Gasteiger partial charge in [0.25, 0.3) is 11.8 Å². The highest BCUT2D eigenvalue weighted by molar-refractivity contribution is 8.26. The third-order valence-corrected chi connectivity index (χ3v) is 5.57. The number of hydrogen-bond donors (Lipinski definition) is 1. The van der Waals surface area contributed by atoms with E-state index in [4.69, 9.17) is 47.0 Å². The first-order valence-electron chi connectivity index (χ1n) is 7.15. The lowest BCUT2D eigenvalue weighted by atomic mass is 10.2. The summed E-state index contributed by atoms with van der Waals surface area (Å²) in [6.07, 6.45) is 1.60. The first-order chi connectivity index (χ1) is 12.4. The molecular formula is C17H9Cl3N2O2S2. The quantitative estimate of drug-likeness (QED) is 0.524. The number of thiocarbonyl (C=S) groups is 1. The molecule has 0 radical (unpaired) electrons. The molecule has 1 N–H and O–H groups in total. The molecule has 2 aromatic rings. The molecule has 26 heavy (non-hydrogen) atoms. The average Bonchev–Trinajstić information content (AvgIpc) is 2.85. The van der Waals surface area contributed by atoms with Crippen LogP contribution in [0.3, 0.4) is 0 Å². The van der Waals surface area contributed by atoms with Crippen molar-refractivity contribution in [1.82, 2.24) is 10.4 Å². The number of halogens is 3. The fourth-order valence-electron chi connectivity index (χ4n) is 2.13. The zero-order valence-corrected chi connectivity index (χ0v) is 16.7. The molecule has 132 valence electrons. The molecule has 0 atom stereocenters. The number of nitrogens with zero attached hydrogens (tertiary/aromatic N) is 1. The van der Waals surface area contributed by atoms with E-state index in [1.807, 2.05) is 0 Å². The van der Waals surface area contributed by atoms with E-state index in [-0.39, 0.29) is 14.9 Å². The molecule has 1 aliphatic heterocycles. The number of hydrazine groups is 1. The molecular weight excluding hydrogens is 435 g/mol. The van der Waals surface area contributed by atoms with E-state index in [0.29, 0.717) is 20.5 Å². The fraction of sp³-hybridized carbons (Fsp3) is 0. The SMILES string of the molecule is O=C(NN1C(=O)/C(=C\c2ccc(Cl)cc2Cl)SC1=S)c1ccccc1Cl. The number of benzene rings is 2. The molecule has 2 amide bonds. The Labute approximate surface area is 174 Å². The van der Waals surface area contributed by atoms with E-state index in [9.17, 15) is 9.59 Å². The number of amides is 2. The van der Waals surface area contributed by atoms with Crippen molar-refractivity contribution in [3.05, 3.63) is 73.6 Å². The third-order valence-electron chi connectivity index (χ3n) is 3.37. The topological polar surface area (TPSA) is 49.4 Å². The van der Waals surface area contributed by atoms with Crippen LogP contribution in [0.5, 0.6) is 0 Å². The van der Waals surface area contributed by atoms with Crippen LogP contribution in [0.25, 0.3) is 6.08 Å². The number of rotatable bonds is 3. The summed E-state index contributed by atoms with van der Waals surface area (Å²) in [6.45, 7) is 0. The Morgan fingerprint density at radius 3 is 2.54 bits per heavy atom. The van der Waals surface area contributed by atoms with E-state index in [0.717, 1.165) is 16.8 Å². The number of nitrogens with one attached hydrogen (secondary N) is 1. The van der Waals surface area contributed by atoms with Gasteiger partial charge in [0.05, 0.1) is 15.5 Å². The monoisotopic (exact) mass is 442 g/mol. The Hall–Kier alpha value is -1.57. The number of carbonyl (C=O) groups excluding carboxylic acids is 2. The van der Waals surface area contributed by atoms with Crippen LogP contribution >= 0.6 is 58.8 Å². The van der Waals surface area contributed by atoms with Crippen LogP contribution in [0.2, 0.25) is 15.1 Å². The lowest BCUT2D eigenvalue weighted by molar-refractivity contribution is -0.123. The highest BCUT2D eigenvalue weighted by Crippen LogP contribution is 2.33. The summed E-state index contributed by atoms with van der Waals surface area (Å²) in [5, 5.41) is 2.19. The van der Waals surface area contributed by atoms with Gasteiger partial charge in [-0.1, -0.05) is 64.8 Å². The molecule has 4 nitrogen and oxygen atoms in total. The third kappa shape index (κ3) is 4.05. The van der Waals surface area contributed by atoms with Gasteiger partial charge < -0.3 is 0 Å². The lowest BCUT2D eigenvalue weighted by Crippen LogP contribution is -2.44. The van der Waals surface area contributed by atoms with E-state index in [2.05, 4.69) is 5.43 Å².